The highest BCUT2D eigenvalue weighted by atomic mass is 16.2. The number of nitrogens with one attached hydrogen (secondary N) is 2. The minimum absolute atomic E-state index is 0.0322. The fourth-order valence-corrected chi connectivity index (χ4v) is 3.14. The van der Waals surface area contributed by atoms with Crippen LogP contribution in [0.5, 0.6) is 0 Å². The second kappa shape index (κ2) is 8.68. The van der Waals surface area contributed by atoms with E-state index in [9.17, 15) is 19.2 Å². The maximum atomic E-state index is 12.4. The zero-order valence-corrected chi connectivity index (χ0v) is 16.4. The van der Waals surface area contributed by atoms with Crippen molar-refractivity contribution in [2.24, 2.45) is 0 Å². The van der Waals surface area contributed by atoms with Crippen molar-refractivity contribution in [3.05, 3.63) is 70.8 Å². The number of benzene rings is 2. The molecule has 0 aliphatic carbocycles. The molecule has 1 aliphatic heterocycles. The lowest BCUT2D eigenvalue weighted by atomic mass is 10.1. The Morgan fingerprint density at radius 2 is 1.69 bits per heavy atom. The molecule has 0 saturated heterocycles. The lowest BCUT2D eigenvalue weighted by Gasteiger charge is -2.16. The summed E-state index contributed by atoms with van der Waals surface area (Å²) in [5.74, 6) is -1.50. The van der Waals surface area contributed by atoms with Crippen molar-refractivity contribution >= 4 is 23.6 Å². The second-order valence-electron chi connectivity index (χ2n) is 7.05. The van der Waals surface area contributed by atoms with Gasteiger partial charge in [0.2, 0.25) is 11.8 Å². The monoisotopic (exact) mass is 393 g/mol. The Labute approximate surface area is 169 Å². The standard InChI is InChI=1S/C22H23N3O4/c1-14-8-9-17-18(12-14)22(29)25(21(17)28)11-10-19(26)24-15(2)20(27)23-13-16-6-4-3-5-7-16/h3-9,12,15H,10-11,13H2,1-2H3,(H,23,27)(H,24,26). The average molecular weight is 393 g/mol. The molecule has 3 rings (SSSR count). The van der Waals surface area contributed by atoms with Crippen LogP contribution < -0.4 is 10.6 Å². The van der Waals surface area contributed by atoms with Crippen molar-refractivity contribution in [3.63, 3.8) is 0 Å². The van der Waals surface area contributed by atoms with Crippen LogP contribution in [-0.4, -0.2) is 41.1 Å². The van der Waals surface area contributed by atoms with Crippen LogP contribution in [0.15, 0.2) is 48.5 Å². The Bertz CT molecular complexity index is 956. The van der Waals surface area contributed by atoms with Gasteiger partial charge in [0.15, 0.2) is 0 Å². The van der Waals surface area contributed by atoms with E-state index < -0.39 is 23.8 Å². The summed E-state index contributed by atoms with van der Waals surface area (Å²) >= 11 is 0. The van der Waals surface area contributed by atoms with Crippen LogP contribution in [-0.2, 0) is 16.1 Å². The van der Waals surface area contributed by atoms with E-state index in [0.717, 1.165) is 16.0 Å². The Morgan fingerprint density at radius 3 is 2.41 bits per heavy atom. The number of fused-ring (bicyclic) bond motifs is 1. The fourth-order valence-electron chi connectivity index (χ4n) is 3.14. The normalized spacial score (nSPS) is 13.8. The highest BCUT2D eigenvalue weighted by Gasteiger charge is 2.35. The molecule has 0 saturated carbocycles. The molecule has 7 heteroatoms. The molecule has 1 atom stereocenters. The maximum absolute atomic E-state index is 12.4. The Morgan fingerprint density at radius 1 is 1.00 bits per heavy atom. The van der Waals surface area contributed by atoms with Gasteiger partial charge >= 0.3 is 0 Å². The molecule has 7 nitrogen and oxygen atoms in total. The predicted octanol–water partition coefficient (Wildman–Crippen LogP) is 1.80. The molecule has 0 radical (unpaired) electrons. The van der Waals surface area contributed by atoms with Crippen LogP contribution in [0.1, 0.15) is 45.2 Å². The summed E-state index contributed by atoms with van der Waals surface area (Å²) in [7, 11) is 0. The van der Waals surface area contributed by atoms with Gasteiger partial charge in [0.05, 0.1) is 11.1 Å². The topological polar surface area (TPSA) is 95.6 Å². The smallest absolute Gasteiger partial charge is 0.261 e. The van der Waals surface area contributed by atoms with Gasteiger partial charge in [-0.1, -0.05) is 42.0 Å². The van der Waals surface area contributed by atoms with E-state index in [4.69, 9.17) is 0 Å². The molecule has 29 heavy (non-hydrogen) atoms. The molecule has 2 aromatic carbocycles. The lowest BCUT2D eigenvalue weighted by Crippen LogP contribution is -2.45. The molecule has 0 spiro atoms. The highest BCUT2D eigenvalue weighted by Crippen LogP contribution is 2.23. The van der Waals surface area contributed by atoms with E-state index in [-0.39, 0.29) is 18.9 Å². The third-order valence-electron chi connectivity index (χ3n) is 4.77. The first-order valence-electron chi connectivity index (χ1n) is 9.44. The summed E-state index contributed by atoms with van der Waals surface area (Å²) in [5, 5.41) is 5.36. The number of hydrogen-bond donors (Lipinski definition) is 2. The summed E-state index contributed by atoms with van der Waals surface area (Å²) in [5.41, 5.74) is 2.57. The number of aryl methyl sites for hydroxylation is 1. The first-order chi connectivity index (χ1) is 13.9. The van der Waals surface area contributed by atoms with E-state index in [1.165, 1.54) is 0 Å². The first-order valence-corrected chi connectivity index (χ1v) is 9.44. The van der Waals surface area contributed by atoms with Crippen molar-refractivity contribution in [1.82, 2.24) is 15.5 Å². The predicted molar refractivity (Wildman–Crippen MR) is 107 cm³/mol. The van der Waals surface area contributed by atoms with Gasteiger partial charge in [-0.05, 0) is 31.5 Å². The molecular formula is C22H23N3O4. The van der Waals surface area contributed by atoms with Gasteiger partial charge in [-0.2, -0.15) is 0 Å². The number of hydrogen-bond acceptors (Lipinski definition) is 4. The Hall–Kier alpha value is -3.48. The number of carbonyl (C=O) groups excluding carboxylic acids is 4. The van der Waals surface area contributed by atoms with Gasteiger partial charge in [0.25, 0.3) is 11.8 Å². The zero-order chi connectivity index (χ0) is 21.0. The van der Waals surface area contributed by atoms with Crippen LogP contribution in [0.2, 0.25) is 0 Å². The second-order valence-corrected chi connectivity index (χ2v) is 7.05. The molecule has 1 heterocycles. The Balaban J connectivity index is 1.48. The molecule has 150 valence electrons. The number of imide groups is 1. The van der Waals surface area contributed by atoms with Crippen molar-refractivity contribution in [2.45, 2.75) is 32.9 Å². The van der Waals surface area contributed by atoms with Gasteiger partial charge < -0.3 is 10.6 Å². The van der Waals surface area contributed by atoms with Gasteiger partial charge in [0.1, 0.15) is 6.04 Å². The number of amides is 4. The minimum atomic E-state index is -0.726. The minimum Gasteiger partial charge on any atom is -0.350 e. The van der Waals surface area contributed by atoms with Gasteiger partial charge in [0, 0.05) is 19.5 Å². The van der Waals surface area contributed by atoms with Gasteiger partial charge in [-0.3, -0.25) is 24.1 Å². The van der Waals surface area contributed by atoms with Crippen LogP contribution in [0, 0.1) is 6.92 Å². The van der Waals surface area contributed by atoms with Crippen LogP contribution in [0.3, 0.4) is 0 Å². The number of carbonyl (C=O) groups is 4. The summed E-state index contributed by atoms with van der Waals surface area (Å²) in [6, 6.07) is 13.8. The molecule has 2 aromatic rings. The summed E-state index contributed by atoms with van der Waals surface area (Å²) in [6.45, 7) is 3.77. The van der Waals surface area contributed by atoms with Crippen molar-refractivity contribution in [2.75, 3.05) is 6.54 Å². The molecule has 2 N–H and O–H groups in total. The quantitative estimate of drug-likeness (QED) is 0.701. The van der Waals surface area contributed by atoms with E-state index in [0.29, 0.717) is 17.7 Å². The van der Waals surface area contributed by atoms with Gasteiger partial charge in [-0.25, -0.2) is 0 Å². The van der Waals surface area contributed by atoms with Crippen molar-refractivity contribution < 1.29 is 19.2 Å². The molecular weight excluding hydrogens is 370 g/mol. The van der Waals surface area contributed by atoms with E-state index in [1.54, 1.807) is 25.1 Å². The third kappa shape index (κ3) is 4.68. The van der Waals surface area contributed by atoms with Crippen molar-refractivity contribution in [3.8, 4) is 0 Å². The van der Waals surface area contributed by atoms with Gasteiger partial charge in [-0.15, -0.1) is 0 Å². The highest BCUT2D eigenvalue weighted by molar-refractivity contribution is 6.21. The number of rotatable bonds is 7. The van der Waals surface area contributed by atoms with E-state index >= 15 is 0 Å². The first kappa shape index (κ1) is 20.3. The number of nitrogens with zero attached hydrogens (tertiary/aromatic N) is 1. The van der Waals surface area contributed by atoms with Crippen molar-refractivity contribution in [1.29, 1.82) is 0 Å². The largest absolute Gasteiger partial charge is 0.350 e. The molecule has 1 aliphatic rings. The lowest BCUT2D eigenvalue weighted by molar-refractivity contribution is -0.128. The molecule has 1 unspecified atom stereocenters. The maximum Gasteiger partial charge on any atom is 0.261 e. The van der Waals surface area contributed by atoms with Crippen LogP contribution >= 0.6 is 0 Å². The van der Waals surface area contributed by atoms with Crippen LogP contribution in [0.25, 0.3) is 0 Å². The molecule has 0 aromatic heterocycles. The fraction of sp³-hybridized carbons (Fsp3) is 0.273. The molecule has 0 bridgehead atoms. The SMILES string of the molecule is Cc1ccc2c(c1)C(=O)N(CCC(=O)NC(C)C(=O)NCc1ccccc1)C2=O. The Kier molecular flexibility index (Phi) is 6.07. The summed E-state index contributed by atoms with van der Waals surface area (Å²) < 4.78 is 0. The third-order valence-corrected chi connectivity index (χ3v) is 4.77. The van der Waals surface area contributed by atoms with Crippen LogP contribution in [0.4, 0.5) is 0 Å². The molecule has 4 amide bonds. The summed E-state index contributed by atoms with van der Waals surface area (Å²) in [4.78, 5) is 50.2. The summed E-state index contributed by atoms with van der Waals surface area (Å²) in [6.07, 6.45) is -0.0687. The average Bonchev–Trinajstić information content (AvgIpc) is 2.94. The molecule has 0 fully saturated rings. The van der Waals surface area contributed by atoms with E-state index in [1.807, 2.05) is 37.3 Å². The zero-order valence-electron chi connectivity index (χ0n) is 16.4. The van der Waals surface area contributed by atoms with E-state index in [2.05, 4.69) is 10.6 Å².